The highest BCUT2D eigenvalue weighted by atomic mass is 35.5. The van der Waals surface area contributed by atoms with Crippen molar-refractivity contribution in [3.05, 3.63) is 82.9 Å². The first kappa shape index (κ1) is 19.1. The van der Waals surface area contributed by atoms with Crippen LogP contribution >= 0.6 is 23.4 Å². The monoisotopic (exact) mass is 384 g/mol. The molecular formula is C22H25ClN2S. The van der Waals surface area contributed by atoms with Crippen molar-refractivity contribution in [1.29, 1.82) is 0 Å². The molecule has 0 amide bonds. The zero-order valence-electron chi connectivity index (χ0n) is 15.6. The molecule has 0 aliphatic carbocycles. The third kappa shape index (κ3) is 5.15. The average Bonchev–Trinajstić information content (AvgIpc) is 3.10. The second-order valence-electron chi connectivity index (χ2n) is 7.18. The molecule has 0 saturated heterocycles. The number of benzene rings is 2. The van der Waals surface area contributed by atoms with Crippen LogP contribution in [-0.4, -0.2) is 14.3 Å². The van der Waals surface area contributed by atoms with Gasteiger partial charge in [0.1, 0.15) is 0 Å². The van der Waals surface area contributed by atoms with Crippen LogP contribution in [0.2, 0.25) is 5.02 Å². The van der Waals surface area contributed by atoms with Gasteiger partial charge >= 0.3 is 0 Å². The van der Waals surface area contributed by atoms with Gasteiger partial charge < -0.3 is 4.57 Å². The van der Waals surface area contributed by atoms with Crippen LogP contribution in [0.15, 0.2) is 66.1 Å². The molecule has 1 aromatic heterocycles. The summed E-state index contributed by atoms with van der Waals surface area (Å²) < 4.78 is 2.25. The van der Waals surface area contributed by atoms with Crippen LogP contribution in [0.4, 0.5) is 0 Å². The van der Waals surface area contributed by atoms with Crippen LogP contribution < -0.4 is 0 Å². The van der Waals surface area contributed by atoms with Gasteiger partial charge in [-0.2, -0.15) is 0 Å². The zero-order chi connectivity index (χ0) is 18.6. The Kier molecular flexibility index (Phi) is 6.10. The standard InChI is InChI=1S/C22H25ClN2S/c1-17-4-9-21(18(2)14-17)26-22(3,15-25-13-12-24-16-25)11-10-19-5-7-20(23)8-6-19/h4-9,12-14,16H,10-11,15H2,1-3H3. The third-order valence-corrected chi connectivity index (χ3v) is 6.37. The number of halogens is 1. The van der Waals surface area contributed by atoms with E-state index in [9.17, 15) is 0 Å². The summed E-state index contributed by atoms with van der Waals surface area (Å²) in [5.74, 6) is 0. The van der Waals surface area contributed by atoms with Gasteiger partial charge in [-0.15, -0.1) is 11.8 Å². The minimum absolute atomic E-state index is 0.0698. The van der Waals surface area contributed by atoms with E-state index in [2.05, 4.69) is 60.7 Å². The number of hydrogen-bond acceptors (Lipinski definition) is 2. The molecule has 2 nitrogen and oxygen atoms in total. The summed E-state index contributed by atoms with van der Waals surface area (Å²) in [6.45, 7) is 7.63. The number of aromatic nitrogens is 2. The average molecular weight is 385 g/mol. The highest BCUT2D eigenvalue weighted by Gasteiger charge is 2.27. The summed E-state index contributed by atoms with van der Waals surface area (Å²) in [5, 5.41) is 0.791. The van der Waals surface area contributed by atoms with E-state index >= 15 is 0 Å². The van der Waals surface area contributed by atoms with Gasteiger partial charge in [0.15, 0.2) is 0 Å². The van der Waals surface area contributed by atoms with Crippen LogP contribution in [0.1, 0.15) is 30.0 Å². The Balaban J connectivity index is 1.79. The Hall–Kier alpha value is -1.71. The van der Waals surface area contributed by atoms with Gasteiger partial charge in [0.2, 0.25) is 0 Å². The summed E-state index contributed by atoms with van der Waals surface area (Å²) in [6, 6.07) is 14.9. The van der Waals surface area contributed by atoms with E-state index in [1.165, 1.54) is 21.6 Å². The second kappa shape index (κ2) is 8.32. The van der Waals surface area contributed by atoms with Crippen LogP contribution in [0, 0.1) is 13.8 Å². The van der Waals surface area contributed by atoms with E-state index in [1.54, 1.807) is 0 Å². The molecule has 3 aromatic rings. The summed E-state index contributed by atoms with van der Waals surface area (Å²) in [7, 11) is 0. The van der Waals surface area contributed by atoms with Gasteiger partial charge in [-0.05, 0) is 62.9 Å². The zero-order valence-corrected chi connectivity index (χ0v) is 17.1. The Labute approximate surface area is 165 Å². The van der Waals surface area contributed by atoms with Crippen molar-refractivity contribution in [3.8, 4) is 0 Å². The highest BCUT2D eigenvalue weighted by Crippen LogP contribution is 2.39. The van der Waals surface area contributed by atoms with Crippen LogP contribution in [0.25, 0.3) is 0 Å². The Morgan fingerprint density at radius 2 is 1.88 bits per heavy atom. The van der Waals surface area contributed by atoms with Crippen LogP contribution in [0.3, 0.4) is 0 Å². The minimum Gasteiger partial charge on any atom is -0.336 e. The first-order valence-corrected chi connectivity index (χ1v) is 10.1. The van der Waals surface area contributed by atoms with E-state index in [1.807, 2.05) is 42.6 Å². The molecule has 0 saturated carbocycles. The maximum atomic E-state index is 6.02. The van der Waals surface area contributed by atoms with E-state index in [4.69, 9.17) is 11.6 Å². The summed E-state index contributed by atoms with van der Waals surface area (Å²) in [4.78, 5) is 5.57. The predicted octanol–water partition coefficient (Wildman–Crippen LogP) is 6.34. The van der Waals surface area contributed by atoms with Crippen molar-refractivity contribution >= 4 is 23.4 Å². The Morgan fingerprint density at radius 1 is 1.12 bits per heavy atom. The van der Waals surface area contributed by atoms with Crippen molar-refractivity contribution in [3.63, 3.8) is 0 Å². The molecule has 0 fully saturated rings. The summed E-state index contributed by atoms with van der Waals surface area (Å²) >= 11 is 7.99. The highest BCUT2D eigenvalue weighted by molar-refractivity contribution is 8.00. The van der Waals surface area contributed by atoms with E-state index in [0.717, 1.165) is 24.4 Å². The van der Waals surface area contributed by atoms with Crippen LogP contribution in [-0.2, 0) is 13.0 Å². The molecular weight excluding hydrogens is 360 g/mol. The lowest BCUT2D eigenvalue weighted by atomic mass is 10.00. The molecule has 3 rings (SSSR count). The lowest BCUT2D eigenvalue weighted by Gasteiger charge is -2.30. The van der Waals surface area contributed by atoms with Crippen molar-refractivity contribution in [2.45, 2.75) is 49.8 Å². The molecule has 1 atom stereocenters. The van der Waals surface area contributed by atoms with Gasteiger partial charge in [-0.3, -0.25) is 0 Å². The molecule has 1 heterocycles. The van der Waals surface area contributed by atoms with Crippen molar-refractivity contribution in [2.75, 3.05) is 0 Å². The van der Waals surface area contributed by atoms with E-state index in [0.29, 0.717) is 0 Å². The molecule has 1 unspecified atom stereocenters. The second-order valence-corrected chi connectivity index (χ2v) is 9.25. The quantitative estimate of drug-likeness (QED) is 0.442. The first-order valence-electron chi connectivity index (χ1n) is 8.90. The fraction of sp³-hybridized carbons (Fsp3) is 0.318. The maximum Gasteiger partial charge on any atom is 0.0946 e. The third-order valence-electron chi connectivity index (χ3n) is 4.62. The van der Waals surface area contributed by atoms with Crippen molar-refractivity contribution < 1.29 is 0 Å². The van der Waals surface area contributed by atoms with E-state index < -0.39 is 0 Å². The Bertz CT molecular complexity index is 843. The molecule has 2 aromatic carbocycles. The smallest absolute Gasteiger partial charge is 0.0946 e. The SMILES string of the molecule is Cc1ccc(SC(C)(CCc2ccc(Cl)cc2)Cn2ccnc2)c(C)c1. The topological polar surface area (TPSA) is 17.8 Å². The van der Waals surface area contributed by atoms with Gasteiger partial charge in [-0.25, -0.2) is 4.98 Å². The van der Waals surface area contributed by atoms with E-state index in [-0.39, 0.29) is 4.75 Å². The first-order chi connectivity index (χ1) is 12.4. The number of hydrogen-bond donors (Lipinski definition) is 0. The van der Waals surface area contributed by atoms with Crippen molar-refractivity contribution in [2.24, 2.45) is 0 Å². The molecule has 0 aliphatic heterocycles. The van der Waals surface area contributed by atoms with Gasteiger partial charge in [0.25, 0.3) is 0 Å². The molecule has 0 spiro atoms. The summed E-state index contributed by atoms with van der Waals surface area (Å²) in [5.41, 5.74) is 3.98. The largest absolute Gasteiger partial charge is 0.336 e. The van der Waals surface area contributed by atoms with Gasteiger partial charge in [0.05, 0.1) is 6.33 Å². The fourth-order valence-electron chi connectivity index (χ4n) is 3.17. The molecule has 0 N–H and O–H groups in total. The lowest BCUT2D eigenvalue weighted by Crippen LogP contribution is -2.27. The predicted molar refractivity (Wildman–Crippen MR) is 112 cm³/mol. The number of rotatable bonds is 7. The lowest BCUT2D eigenvalue weighted by molar-refractivity contribution is 0.495. The molecule has 0 radical (unpaired) electrons. The number of nitrogens with zero attached hydrogens (tertiary/aromatic N) is 2. The maximum absolute atomic E-state index is 6.02. The fourth-order valence-corrected chi connectivity index (χ4v) is 4.60. The molecule has 0 aliphatic rings. The van der Waals surface area contributed by atoms with Crippen molar-refractivity contribution in [1.82, 2.24) is 9.55 Å². The molecule has 0 bridgehead atoms. The summed E-state index contributed by atoms with van der Waals surface area (Å²) in [6.07, 6.45) is 7.90. The number of imidazole rings is 1. The molecule has 26 heavy (non-hydrogen) atoms. The van der Waals surface area contributed by atoms with Gasteiger partial charge in [-0.1, -0.05) is 41.4 Å². The van der Waals surface area contributed by atoms with Gasteiger partial charge in [0, 0.05) is 33.6 Å². The molecule has 4 heteroatoms. The number of aryl methyl sites for hydroxylation is 3. The number of thioether (sulfide) groups is 1. The molecule has 136 valence electrons. The minimum atomic E-state index is 0.0698. The van der Waals surface area contributed by atoms with Crippen LogP contribution in [0.5, 0.6) is 0 Å². The Morgan fingerprint density at radius 3 is 2.54 bits per heavy atom. The normalized spacial score (nSPS) is 13.5.